The summed E-state index contributed by atoms with van der Waals surface area (Å²) in [6.45, 7) is 8.46. The van der Waals surface area contributed by atoms with E-state index in [1.54, 1.807) is 24.3 Å². The molecule has 1 fully saturated rings. The lowest BCUT2D eigenvalue weighted by Gasteiger charge is -2.33. The van der Waals surface area contributed by atoms with Gasteiger partial charge in [0.05, 0.1) is 23.6 Å². The number of hydrogen-bond acceptors (Lipinski definition) is 5. The van der Waals surface area contributed by atoms with Crippen LogP contribution in [0.3, 0.4) is 0 Å². The highest BCUT2D eigenvalue weighted by molar-refractivity contribution is 5.78. The molecule has 1 amide bonds. The largest absolute Gasteiger partial charge is 0.374 e. The van der Waals surface area contributed by atoms with Crippen LogP contribution < -0.4 is 16.6 Å². The number of nitrogens with zero attached hydrogens (tertiary/aromatic N) is 2. The van der Waals surface area contributed by atoms with Gasteiger partial charge in [0.15, 0.2) is 0 Å². The molecule has 0 radical (unpaired) electrons. The first kappa shape index (κ1) is 20.3. The van der Waals surface area contributed by atoms with E-state index in [9.17, 15) is 14.4 Å². The summed E-state index contributed by atoms with van der Waals surface area (Å²) in [5, 5.41) is 3.33. The molecule has 0 saturated carbocycles. The van der Waals surface area contributed by atoms with Crippen molar-refractivity contribution in [2.75, 3.05) is 32.8 Å². The van der Waals surface area contributed by atoms with E-state index in [1.165, 1.54) is 4.57 Å². The van der Waals surface area contributed by atoms with E-state index < -0.39 is 11.2 Å². The number of benzene rings is 1. The standard InChI is InChI=1S/C20H28N4O4/c1-14(2)12-23-9-10-28-15(13-23)11-21-18(25)7-8-24-17-6-4-3-5-16(17)19(26)22-20(24)27/h3-6,14-15H,7-13H2,1-2H3,(H,21,25)(H,22,26,27). The number of nitrogens with one attached hydrogen (secondary N) is 2. The highest BCUT2D eigenvalue weighted by atomic mass is 16.5. The number of rotatable bonds is 7. The Labute approximate surface area is 163 Å². The smallest absolute Gasteiger partial charge is 0.328 e. The number of carbonyl (C=O) groups excluding carboxylic acids is 1. The van der Waals surface area contributed by atoms with E-state index >= 15 is 0 Å². The van der Waals surface area contributed by atoms with Gasteiger partial charge in [0, 0.05) is 39.1 Å². The van der Waals surface area contributed by atoms with Gasteiger partial charge in [-0.2, -0.15) is 0 Å². The van der Waals surface area contributed by atoms with Gasteiger partial charge in [-0.15, -0.1) is 0 Å². The first-order valence-corrected chi connectivity index (χ1v) is 9.76. The van der Waals surface area contributed by atoms with Crippen molar-refractivity contribution < 1.29 is 9.53 Å². The zero-order chi connectivity index (χ0) is 20.1. The molecule has 1 aliphatic rings. The molecule has 1 aliphatic heterocycles. The van der Waals surface area contributed by atoms with E-state index in [-0.39, 0.29) is 25.0 Å². The van der Waals surface area contributed by atoms with Crippen LogP contribution in [0, 0.1) is 5.92 Å². The van der Waals surface area contributed by atoms with E-state index in [2.05, 4.69) is 29.0 Å². The van der Waals surface area contributed by atoms with Gasteiger partial charge in [-0.1, -0.05) is 26.0 Å². The molecule has 1 saturated heterocycles. The monoisotopic (exact) mass is 388 g/mol. The lowest BCUT2D eigenvalue weighted by Crippen LogP contribution is -2.48. The van der Waals surface area contributed by atoms with Crippen LogP contribution in [-0.2, 0) is 16.1 Å². The molecule has 1 aromatic carbocycles. The molecule has 2 heterocycles. The molecule has 0 bridgehead atoms. The number of H-pyrrole nitrogens is 1. The molecule has 2 aromatic rings. The first-order valence-electron chi connectivity index (χ1n) is 9.76. The molecule has 1 aromatic heterocycles. The maximum absolute atomic E-state index is 12.3. The molecule has 8 heteroatoms. The third-order valence-electron chi connectivity index (χ3n) is 4.84. The molecule has 1 atom stereocenters. The quantitative estimate of drug-likeness (QED) is 0.722. The third kappa shape index (κ3) is 5.08. The van der Waals surface area contributed by atoms with Gasteiger partial charge in [-0.3, -0.25) is 24.0 Å². The van der Waals surface area contributed by atoms with Gasteiger partial charge in [-0.05, 0) is 18.1 Å². The van der Waals surface area contributed by atoms with Gasteiger partial charge in [-0.25, -0.2) is 4.79 Å². The lowest BCUT2D eigenvalue weighted by atomic mass is 10.2. The molecule has 0 spiro atoms. The minimum Gasteiger partial charge on any atom is -0.374 e. The Morgan fingerprint density at radius 1 is 1.32 bits per heavy atom. The number of aromatic nitrogens is 2. The van der Waals surface area contributed by atoms with Crippen molar-refractivity contribution in [1.29, 1.82) is 0 Å². The normalized spacial score (nSPS) is 17.9. The van der Waals surface area contributed by atoms with Crippen LogP contribution in [0.5, 0.6) is 0 Å². The second-order valence-corrected chi connectivity index (χ2v) is 7.63. The van der Waals surface area contributed by atoms with Gasteiger partial charge in [0.2, 0.25) is 5.91 Å². The fourth-order valence-corrected chi connectivity index (χ4v) is 3.58. The summed E-state index contributed by atoms with van der Waals surface area (Å²) in [4.78, 5) is 41.0. The van der Waals surface area contributed by atoms with Crippen molar-refractivity contribution >= 4 is 16.8 Å². The fourth-order valence-electron chi connectivity index (χ4n) is 3.58. The summed E-state index contributed by atoms with van der Waals surface area (Å²) in [7, 11) is 0. The van der Waals surface area contributed by atoms with Crippen LogP contribution in [0.1, 0.15) is 20.3 Å². The molecule has 2 N–H and O–H groups in total. The highest BCUT2D eigenvalue weighted by Crippen LogP contribution is 2.08. The molecule has 3 rings (SSSR count). The minimum absolute atomic E-state index is 0.0203. The number of morpholine rings is 1. The highest BCUT2D eigenvalue weighted by Gasteiger charge is 2.21. The Bertz CT molecular complexity index is 934. The number of ether oxygens (including phenoxy) is 1. The van der Waals surface area contributed by atoms with Crippen LogP contribution in [0.4, 0.5) is 0 Å². The first-order chi connectivity index (χ1) is 13.4. The van der Waals surface area contributed by atoms with Crippen molar-refractivity contribution in [3.8, 4) is 0 Å². The molecule has 8 nitrogen and oxygen atoms in total. The maximum Gasteiger partial charge on any atom is 0.328 e. The topological polar surface area (TPSA) is 96.4 Å². The SMILES string of the molecule is CC(C)CN1CCOC(CNC(=O)CCn2c(=O)[nH]c(=O)c3ccccc32)C1. The van der Waals surface area contributed by atoms with E-state index in [0.717, 1.165) is 19.6 Å². The molecular weight excluding hydrogens is 360 g/mol. The molecule has 28 heavy (non-hydrogen) atoms. The summed E-state index contributed by atoms with van der Waals surface area (Å²) in [6.07, 6.45) is 0.131. The number of aromatic amines is 1. The predicted octanol–water partition coefficient (Wildman–Crippen LogP) is 0.553. The lowest BCUT2D eigenvalue weighted by molar-refractivity contribution is -0.122. The van der Waals surface area contributed by atoms with Crippen molar-refractivity contribution in [2.45, 2.75) is 32.9 Å². The van der Waals surface area contributed by atoms with Crippen LogP contribution in [-0.4, -0.2) is 59.2 Å². The van der Waals surface area contributed by atoms with Crippen molar-refractivity contribution in [2.24, 2.45) is 5.92 Å². The van der Waals surface area contributed by atoms with E-state index in [1.807, 2.05) is 0 Å². The number of fused-ring (bicyclic) bond motifs is 1. The Morgan fingerprint density at radius 3 is 2.89 bits per heavy atom. The van der Waals surface area contributed by atoms with E-state index in [0.29, 0.717) is 30.0 Å². The second kappa shape index (κ2) is 9.16. The number of hydrogen-bond donors (Lipinski definition) is 2. The van der Waals surface area contributed by atoms with Gasteiger partial charge in [0.1, 0.15) is 0 Å². The van der Waals surface area contributed by atoms with Crippen LogP contribution in [0.25, 0.3) is 10.9 Å². The Hall–Kier alpha value is -2.45. The summed E-state index contributed by atoms with van der Waals surface area (Å²) in [5.41, 5.74) is -0.387. The van der Waals surface area contributed by atoms with Crippen LogP contribution >= 0.6 is 0 Å². The molecule has 0 aliphatic carbocycles. The van der Waals surface area contributed by atoms with Crippen molar-refractivity contribution in [3.05, 3.63) is 45.1 Å². The van der Waals surface area contributed by atoms with E-state index in [4.69, 9.17) is 4.74 Å². The number of carbonyl (C=O) groups is 1. The summed E-state index contributed by atoms with van der Waals surface area (Å²) in [5.74, 6) is 0.450. The molecule has 1 unspecified atom stereocenters. The minimum atomic E-state index is -0.503. The third-order valence-corrected chi connectivity index (χ3v) is 4.84. The number of para-hydroxylation sites is 1. The summed E-state index contributed by atoms with van der Waals surface area (Å²) in [6, 6.07) is 6.88. The van der Waals surface area contributed by atoms with Crippen molar-refractivity contribution in [3.63, 3.8) is 0 Å². The molecular formula is C20H28N4O4. The fraction of sp³-hybridized carbons (Fsp3) is 0.550. The van der Waals surface area contributed by atoms with Crippen LogP contribution in [0.2, 0.25) is 0 Å². The van der Waals surface area contributed by atoms with Gasteiger partial charge >= 0.3 is 5.69 Å². The zero-order valence-electron chi connectivity index (χ0n) is 16.4. The zero-order valence-corrected chi connectivity index (χ0v) is 16.4. The molecule has 152 valence electrons. The average molecular weight is 388 g/mol. The maximum atomic E-state index is 12.3. The Kier molecular flexibility index (Phi) is 6.64. The summed E-state index contributed by atoms with van der Waals surface area (Å²) < 4.78 is 7.17. The average Bonchev–Trinajstić information content (AvgIpc) is 2.66. The predicted molar refractivity (Wildman–Crippen MR) is 107 cm³/mol. The second-order valence-electron chi connectivity index (χ2n) is 7.63. The Balaban J connectivity index is 1.55. The van der Waals surface area contributed by atoms with Gasteiger partial charge < -0.3 is 10.1 Å². The van der Waals surface area contributed by atoms with Crippen LogP contribution in [0.15, 0.2) is 33.9 Å². The summed E-state index contributed by atoms with van der Waals surface area (Å²) >= 11 is 0. The Morgan fingerprint density at radius 2 is 2.11 bits per heavy atom. The number of aryl methyl sites for hydroxylation is 1. The number of amides is 1. The van der Waals surface area contributed by atoms with Crippen molar-refractivity contribution in [1.82, 2.24) is 19.8 Å². The van der Waals surface area contributed by atoms with Gasteiger partial charge in [0.25, 0.3) is 5.56 Å².